The van der Waals surface area contributed by atoms with Crippen LogP contribution in [0.5, 0.6) is 0 Å². The number of cyclic esters (lactones) is 1. The van der Waals surface area contributed by atoms with Crippen molar-refractivity contribution >= 4 is 11.8 Å². The first-order valence-corrected chi connectivity index (χ1v) is 17.9. The van der Waals surface area contributed by atoms with Crippen molar-refractivity contribution in [3.63, 3.8) is 0 Å². The molecular weight excluding hydrogens is 586 g/mol. The third-order valence-corrected chi connectivity index (χ3v) is 10.5. The van der Waals surface area contributed by atoms with Gasteiger partial charge in [-0.15, -0.1) is 0 Å². The van der Waals surface area contributed by atoms with E-state index >= 15 is 0 Å². The third kappa shape index (κ3) is 10.2. The molecule has 0 aliphatic carbocycles. The van der Waals surface area contributed by atoms with Crippen molar-refractivity contribution in [2.75, 3.05) is 14.1 Å². The molecule has 0 amide bonds. The molecule has 16 atom stereocenters. The maximum absolute atomic E-state index is 14.0. The van der Waals surface area contributed by atoms with Crippen LogP contribution >= 0.6 is 0 Å². The number of ketones is 1. The van der Waals surface area contributed by atoms with E-state index in [4.69, 9.17) is 23.7 Å². The summed E-state index contributed by atoms with van der Waals surface area (Å²) in [5.41, 5.74) is 0. The maximum atomic E-state index is 14.0. The molecule has 3 fully saturated rings. The van der Waals surface area contributed by atoms with Crippen LogP contribution in [0.25, 0.3) is 0 Å². The summed E-state index contributed by atoms with van der Waals surface area (Å²) in [4.78, 5) is 29.7. The summed E-state index contributed by atoms with van der Waals surface area (Å²) in [5.74, 6) is -1.52. The number of carbonyl (C=O) groups is 2. The van der Waals surface area contributed by atoms with E-state index in [2.05, 4.69) is 27.2 Å². The number of esters is 1. The topological polar surface area (TPSA) is 104 Å². The molecule has 0 spiro atoms. The lowest BCUT2D eigenvalue weighted by atomic mass is 9.77. The van der Waals surface area contributed by atoms with Crippen LogP contribution in [0.4, 0.5) is 0 Å². The molecule has 0 saturated carbocycles. The van der Waals surface area contributed by atoms with E-state index in [1.807, 2.05) is 73.9 Å². The Hall–Kier alpha value is -1.10. The average molecular weight is 652 g/mol. The molecule has 1 N–H and O–H groups in total. The summed E-state index contributed by atoms with van der Waals surface area (Å²) >= 11 is 0. The van der Waals surface area contributed by atoms with E-state index in [0.29, 0.717) is 31.6 Å². The van der Waals surface area contributed by atoms with Crippen molar-refractivity contribution in [3.05, 3.63) is 12.8 Å². The second-order valence-electron chi connectivity index (χ2n) is 15.2. The number of rotatable bonds is 7. The lowest BCUT2D eigenvalue weighted by Crippen LogP contribution is -2.56. The van der Waals surface area contributed by atoms with Gasteiger partial charge in [-0.1, -0.05) is 54.9 Å². The molecule has 9 nitrogen and oxygen atoms in total. The van der Waals surface area contributed by atoms with Crippen molar-refractivity contribution in [1.82, 2.24) is 4.90 Å². The van der Waals surface area contributed by atoms with Gasteiger partial charge in [0.2, 0.25) is 0 Å². The number of likely N-dealkylation sites (N-methyl/N-ethyl adjacent to an activating group) is 1. The molecule has 0 aromatic heterocycles. The van der Waals surface area contributed by atoms with E-state index in [0.717, 1.165) is 6.42 Å². The molecular formula is C37H65NO8. The second kappa shape index (κ2) is 17.5. The standard InChI is InChI=1S/C37H65NO8/c1-13-14-30-21(3)17-22(4)32(39)23(5)18-24(6)34(46-37-33(40)29(38(11)12)19-26(8)43-37)27(9)35(28(10)36(41)44-30)45-31-16-20(2)15-25(7)42-31/h15,17,20-31,33-35,37,40H,13-14,16,18-19H2,1-12H3/t20?,21?,22-,23-,24+,25?,26?,27-,28-,29?,30-,31?,33?,34?,35?,37?/m1/s1. The molecule has 3 saturated heterocycles. The molecule has 9 heteroatoms. The molecule has 3 heterocycles. The van der Waals surface area contributed by atoms with Crippen LogP contribution in [-0.2, 0) is 33.3 Å². The van der Waals surface area contributed by atoms with Crippen LogP contribution < -0.4 is 0 Å². The number of ether oxygens (including phenoxy) is 5. The van der Waals surface area contributed by atoms with E-state index in [-0.39, 0.29) is 65.7 Å². The van der Waals surface area contributed by atoms with Gasteiger partial charge < -0.3 is 33.7 Å². The summed E-state index contributed by atoms with van der Waals surface area (Å²) in [6, 6.07) is -0.136. The number of hydrogen-bond acceptors (Lipinski definition) is 9. The Bertz CT molecular complexity index is 952. The van der Waals surface area contributed by atoms with Gasteiger partial charge in [0.15, 0.2) is 12.6 Å². The van der Waals surface area contributed by atoms with E-state index in [1.165, 1.54) is 0 Å². The minimum atomic E-state index is -0.874. The molecule has 3 aliphatic heterocycles. The fraction of sp³-hybridized carbons (Fsp3) is 0.892. The van der Waals surface area contributed by atoms with Crippen molar-refractivity contribution in [3.8, 4) is 0 Å². The largest absolute Gasteiger partial charge is 0.462 e. The Morgan fingerprint density at radius 2 is 1.57 bits per heavy atom. The van der Waals surface area contributed by atoms with Crippen molar-refractivity contribution in [2.45, 2.75) is 157 Å². The highest BCUT2D eigenvalue weighted by atomic mass is 16.7. The Morgan fingerprint density at radius 3 is 2.17 bits per heavy atom. The van der Waals surface area contributed by atoms with E-state index in [1.54, 1.807) is 0 Å². The van der Waals surface area contributed by atoms with Gasteiger partial charge in [0.25, 0.3) is 0 Å². The van der Waals surface area contributed by atoms with Crippen LogP contribution in [0.1, 0.15) is 101 Å². The predicted molar refractivity (Wildman–Crippen MR) is 178 cm³/mol. The summed E-state index contributed by atoms with van der Waals surface area (Å²) < 4.78 is 32.3. The molecule has 0 aromatic carbocycles. The lowest BCUT2D eigenvalue weighted by molar-refractivity contribution is -0.290. The Morgan fingerprint density at radius 1 is 0.891 bits per heavy atom. The summed E-state index contributed by atoms with van der Waals surface area (Å²) in [5, 5.41) is 11.4. The molecule has 0 bridgehead atoms. The smallest absolute Gasteiger partial charge is 0.311 e. The quantitative estimate of drug-likeness (QED) is 0.339. The number of hydrogen-bond donors (Lipinski definition) is 1. The normalized spacial score (nSPS) is 45.7. The maximum Gasteiger partial charge on any atom is 0.311 e. The summed E-state index contributed by atoms with van der Waals surface area (Å²) in [6.45, 7) is 20.2. The van der Waals surface area contributed by atoms with Crippen LogP contribution in [0.15, 0.2) is 0 Å². The molecule has 10 unspecified atom stereocenters. The highest BCUT2D eigenvalue weighted by Gasteiger charge is 2.46. The van der Waals surface area contributed by atoms with Gasteiger partial charge in [-0.25, -0.2) is 0 Å². The molecule has 266 valence electrons. The fourth-order valence-electron chi connectivity index (χ4n) is 7.95. The highest BCUT2D eigenvalue weighted by molar-refractivity contribution is 5.84. The molecule has 2 radical (unpaired) electrons. The number of nitrogens with zero attached hydrogens (tertiary/aromatic N) is 1. The summed E-state index contributed by atoms with van der Waals surface area (Å²) in [7, 11) is 3.91. The van der Waals surface area contributed by atoms with Gasteiger partial charge in [-0.3, -0.25) is 9.59 Å². The zero-order valence-electron chi connectivity index (χ0n) is 30.7. The lowest BCUT2D eigenvalue weighted by Gasteiger charge is -2.45. The van der Waals surface area contributed by atoms with Gasteiger partial charge in [0, 0.05) is 30.2 Å². The van der Waals surface area contributed by atoms with Gasteiger partial charge in [-0.05, 0) is 84.7 Å². The zero-order valence-corrected chi connectivity index (χ0v) is 30.7. The Balaban J connectivity index is 2.05. The molecule has 3 rings (SSSR count). The zero-order chi connectivity index (χ0) is 34.5. The van der Waals surface area contributed by atoms with E-state index < -0.39 is 36.8 Å². The minimum absolute atomic E-state index is 0.0778. The first-order chi connectivity index (χ1) is 21.5. The number of carbonyl (C=O) groups excluding carboxylic acids is 2. The highest BCUT2D eigenvalue weighted by Crippen LogP contribution is 2.37. The minimum Gasteiger partial charge on any atom is -0.462 e. The SMILES string of the molecule is CCC[C@H]1OC(=O)[C@H](C)C(OC2CC(C)[CH]C(C)O2)[C@H](C)C(OC2OC(C)CC(N(C)C)C2O)[C@@H](C)C[C@@H](C)C(=O)[C@H](C)[CH]C1C. The van der Waals surface area contributed by atoms with Gasteiger partial charge in [-0.2, -0.15) is 0 Å². The van der Waals surface area contributed by atoms with Crippen LogP contribution in [0.2, 0.25) is 0 Å². The van der Waals surface area contributed by atoms with Crippen LogP contribution in [-0.4, -0.2) is 91.1 Å². The first kappa shape index (κ1) is 39.3. The van der Waals surface area contributed by atoms with Gasteiger partial charge in [0.05, 0.1) is 30.3 Å². The summed E-state index contributed by atoms with van der Waals surface area (Å²) in [6.07, 6.45) is 3.82. The molecule has 46 heavy (non-hydrogen) atoms. The van der Waals surface area contributed by atoms with Gasteiger partial charge >= 0.3 is 5.97 Å². The monoisotopic (exact) mass is 651 g/mol. The van der Waals surface area contributed by atoms with Crippen molar-refractivity contribution < 1.29 is 38.4 Å². The number of aliphatic hydroxyl groups is 1. The van der Waals surface area contributed by atoms with Crippen LogP contribution in [0.3, 0.4) is 0 Å². The Labute approximate surface area is 279 Å². The Kier molecular flexibility index (Phi) is 15.0. The first-order valence-electron chi connectivity index (χ1n) is 17.9. The van der Waals surface area contributed by atoms with E-state index in [9.17, 15) is 14.7 Å². The second-order valence-corrected chi connectivity index (χ2v) is 15.2. The molecule has 0 aromatic rings. The predicted octanol–water partition coefficient (Wildman–Crippen LogP) is 5.86. The third-order valence-electron chi connectivity index (χ3n) is 10.5. The number of aliphatic hydroxyl groups excluding tert-OH is 1. The number of Topliss-reactive ketones (excluding diaryl/α,β-unsaturated/α-hetero) is 1. The van der Waals surface area contributed by atoms with Crippen LogP contribution in [0, 0.1) is 54.3 Å². The van der Waals surface area contributed by atoms with Crippen molar-refractivity contribution in [1.29, 1.82) is 0 Å². The average Bonchev–Trinajstić information content (AvgIpc) is 2.97. The fourth-order valence-corrected chi connectivity index (χ4v) is 7.95. The van der Waals surface area contributed by atoms with Gasteiger partial charge in [0.1, 0.15) is 18.0 Å². The molecule has 3 aliphatic rings. The van der Waals surface area contributed by atoms with Crippen molar-refractivity contribution in [2.24, 2.45) is 41.4 Å².